The predicted octanol–water partition coefficient (Wildman–Crippen LogP) is 3.07. The van der Waals surface area contributed by atoms with Crippen molar-refractivity contribution >= 4 is 28.2 Å². The Morgan fingerprint density at radius 2 is 1.90 bits per heavy atom. The smallest absolute Gasteiger partial charge is 0.256 e. The molecule has 3 rings (SSSR count). The van der Waals surface area contributed by atoms with Gasteiger partial charge in [0.05, 0.1) is 11.1 Å². The molecule has 4 heteroatoms. The van der Waals surface area contributed by atoms with E-state index in [4.69, 9.17) is 5.73 Å². The Hall–Kier alpha value is -2.88. The third kappa shape index (κ3) is 2.31. The average Bonchev–Trinajstić information content (AvgIpc) is 2.46. The summed E-state index contributed by atoms with van der Waals surface area (Å²) in [6.07, 6.45) is 1.64. The van der Waals surface area contributed by atoms with E-state index in [0.29, 0.717) is 16.9 Å². The van der Waals surface area contributed by atoms with Crippen LogP contribution >= 0.6 is 0 Å². The first kappa shape index (κ1) is 12.2. The molecule has 0 bridgehead atoms. The van der Waals surface area contributed by atoms with Crippen molar-refractivity contribution in [1.82, 2.24) is 4.98 Å². The number of benzene rings is 2. The zero-order chi connectivity index (χ0) is 13.9. The number of nitrogens with zero attached hydrogens (tertiary/aromatic N) is 1. The van der Waals surface area contributed by atoms with Gasteiger partial charge in [-0.2, -0.15) is 0 Å². The quantitative estimate of drug-likeness (QED) is 0.698. The molecule has 1 amide bonds. The zero-order valence-electron chi connectivity index (χ0n) is 10.7. The van der Waals surface area contributed by atoms with Crippen LogP contribution in [0.3, 0.4) is 0 Å². The highest BCUT2D eigenvalue weighted by Gasteiger charge is 2.10. The van der Waals surface area contributed by atoms with Gasteiger partial charge in [0, 0.05) is 23.0 Å². The van der Waals surface area contributed by atoms with Crippen LogP contribution in [0, 0.1) is 0 Å². The van der Waals surface area contributed by atoms with Gasteiger partial charge in [-0.3, -0.25) is 9.78 Å². The molecule has 0 saturated carbocycles. The highest BCUT2D eigenvalue weighted by molar-refractivity contribution is 6.12. The SMILES string of the molecule is Nc1cccc(NC(=O)c2ccnc3ccccc23)c1. The number of carbonyl (C=O) groups is 1. The monoisotopic (exact) mass is 263 g/mol. The lowest BCUT2D eigenvalue weighted by Gasteiger charge is -2.08. The van der Waals surface area contributed by atoms with Crippen molar-refractivity contribution in [2.24, 2.45) is 0 Å². The van der Waals surface area contributed by atoms with Gasteiger partial charge >= 0.3 is 0 Å². The molecule has 0 aliphatic heterocycles. The van der Waals surface area contributed by atoms with Gasteiger partial charge in [0.1, 0.15) is 0 Å². The molecule has 0 radical (unpaired) electrons. The van der Waals surface area contributed by atoms with E-state index in [-0.39, 0.29) is 5.91 Å². The Labute approximate surface area is 116 Å². The van der Waals surface area contributed by atoms with Crippen LogP contribution in [0.25, 0.3) is 10.9 Å². The topological polar surface area (TPSA) is 68.0 Å². The van der Waals surface area contributed by atoms with E-state index < -0.39 is 0 Å². The van der Waals surface area contributed by atoms with Crippen molar-refractivity contribution in [3.8, 4) is 0 Å². The molecule has 3 N–H and O–H groups in total. The fourth-order valence-corrected chi connectivity index (χ4v) is 2.11. The van der Waals surface area contributed by atoms with Gasteiger partial charge in [-0.25, -0.2) is 0 Å². The lowest BCUT2D eigenvalue weighted by molar-refractivity contribution is 0.102. The van der Waals surface area contributed by atoms with Crippen LogP contribution in [0.5, 0.6) is 0 Å². The fourth-order valence-electron chi connectivity index (χ4n) is 2.11. The molecule has 0 unspecified atom stereocenters. The van der Waals surface area contributed by atoms with Gasteiger partial charge in [-0.1, -0.05) is 24.3 Å². The zero-order valence-corrected chi connectivity index (χ0v) is 10.7. The Bertz CT molecular complexity index is 778. The van der Waals surface area contributed by atoms with Gasteiger partial charge < -0.3 is 11.1 Å². The molecule has 0 fully saturated rings. The second kappa shape index (κ2) is 5.01. The summed E-state index contributed by atoms with van der Waals surface area (Å²) in [6.45, 7) is 0. The Kier molecular flexibility index (Phi) is 3.05. The number of amides is 1. The molecule has 98 valence electrons. The molecule has 0 saturated heterocycles. The van der Waals surface area contributed by atoms with Crippen LogP contribution < -0.4 is 11.1 Å². The number of nitrogen functional groups attached to an aromatic ring is 1. The van der Waals surface area contributed by atoms with Crippen LogP contribution in [0.1, 0.15) is 10.4 Å². The number of aromatic nitrogens is 1. The van der Waals surface area contributed by atoms with E-state index in [1.54, 1.807) is 36.5 Å². The van der Waals surface area contributed by atoms with Crippen molar-refractivity contribution in [2.75, 3.05) is 11.1 Å². The number of pyridine rings is 1. The molecular formula is C16H13N3O. The predicted molar refractivity (Wildman–Crippen MR) is 80.6 cm³/mol. The van der Waals surface area contributed by atoms with E-state index in [1.807, 2.05) is 24.3 Å². The van der Waals surface area contributed by atoms with Crippen LogP contribution in [0.2, 0.25) is 0 Å². The first-order chi connectivity index (χ1) is 9.74. The fraction of sp³-hybridized carbons (Fsp3) is 0. The molecule has 0 spiro atoms. The highest BCUT2D eigenvalue weighted by Crippen LogP contribution is 2.18. The minimum Gasteiger partial charge on any atom is -0.399 e. The summed E-state index contributed by atoms with van der Waals surface area (Å²) in [6, 6.07) is 16.4. The number of rotatable bonds is 2. The van der Waals surface area contributed by atoms with E-state index in [9.17, 15) is 4.79 Å². The normalized spacial score (nSPS) is 10.4. The van der Waals surface area contributed by atoms with Crippen molar-refractivity contribution < 1.29 is 4.79 Å². The Balaban J connectivity index is 1.97. The maximum atomic E-state index is 12.4. The minimum absolute atomic E-state index is 0.172. The van der Waals surface area contributed by atoms with Crippen molar-refractivity contribution in [2.45, 2.75) is 0 Å². The lowest BCUT2D eigenvalue weighted by atomic mass is 10.1. The summed E-state index contributed by atoms with van der Waals surface area (Å²) in [7, 11) is 0. The molecular weight excluding hydrogens is 250 g/mol. The highest BCUT2D eigenvalue weighted by atomic mass is 16.1. The van der Waals surface area contributed by atoms with Gasteiger partial charge in [-0.15, -0.1) is 0 Å². The second-order valence-electron chi connectivity index (χ2n) is 4.46. The Morgan fingerprint density at radius 1 is 1.05 bits per heavy atom. The largest absolute Gasteiger partial charge is 0.399 e. The lowest BCUT2D eigenvalue weighted by Crippen LogP contribution is -2.12. The molecule has 0 atom stereocenters. The number of para-hydroxylation sites is 1. The van der Waals surface area contributed by atoms with Crippen LogP contribution in [0.15, 0.2) is 60.8 Å². The number of fused-ring (bicyclic) bond motifs is 1. The van der Waals surface area contributed by atoms with Gasteiger partial charge in [0.2, 0.25) is 0 Å². The number of hydrogen-bond donors (Lipinski definition) is 2. The first-order valence-corrected chi connectivity index (χ1v) is 6.25. The van der Waals surface area contributed by atoms with Crippen molar-refractivity contribution in [3.63, 3.8) is 0 Å². The number of anilines is 2. The second-order valence-corrected chi connectivity index (χ2v) is 4.46. The summed E-state index contributed by atoms with van der Waals surface area (Å²) < 4.78 is 0. The van der Waals surface area contributed by atoms with Gasteiger partial charge in [0.25, 0.3) is 5.91 Å². The number of carbonyl (C=O) groups excluding carboxylic acids is 1. The number of nitrogens with one attached hydrogen (secondary N) is 1. The van der Waals surface area contributed by atoms with E-state index in [1.165, 1.54) is 0 Å². The molecule has 4 nitrogen and oxygen atoms in total. The molecule has 1 heterocycles. The van der Waals surface area contributed by atoms with Crippen molar-refractivity contribution in [1.29, 1.82) is 0 Å². The summed E-state index contributed by atoms with van der Waals surface area (Å²) in [5, 5.41) is 3.67. The summed E-state index contributed by atoms with van der Waals surface area (Å²) >= 11 is 0. The van der Waals surface area contributed by atoms with Gasteiger partial charge in [-0.05, 0) is 30.3 Å². The van der Waals surface area contributed by atoms with Crippen molar-refractivity contribution in [3.05, 3.63) is 66.4 Å². The average molecular weight is 263 g/mol. The molecule has 3 aromatic rings. The van der Waals surface area contributed by atoms with E-state index in [0.717, 1.165) is 10.9 Å². The third-order valence-electron chi connectivity index (χ3n) is 3.04. The Morgan fingerprint density at radius 3 is 2.75 bits per heavy atom. The summed E-state index contributed by atoms with van der Waals surface area (Å²) in [4.78, 5) is 16.6. The van der Waals surface area contributed by atoms with E-state index >= 15 is 0 Å². The molecule has 2 aromatic carbocycles. The van der Waals surface area contributed by atoms with E-state index in [2.05, 4.69) is 10.3 Å². The van der Waals surface area contributed by atoms with Crippen LogP contribution in [-0.2, 0) is 0 Å². The molecule has 0 aliphatic carbocycles. The number of nitrogens with two attached hydrogens (primary N) is 1. The minimum atomic E-state index is -0.172. The summed E-state index contributed by atoms with van der Waals surface area (Å²) in [5.41, 5.74) is 8.39. The van der Waals surface area contributed by atoms with Crippen LogP contribution in [-0.4, -0.2) is 10.9 Å². The molecule has 20 heavy (non-hydrogen) atoms. The maximum Gasteiger partial charge on any atom is 0.256 e. The molecule has 1 aromatic heterocycles. The standard InChI is InChI=1S/C16H13N3O/c17-11-4-3-5-12(10-11)19-16(20)14-8-9-18-15-7-2-1-6-13(14)15/h1-10H,17H2,(H,19,20). The van der Waals surface area contributed by atoms with Gasteiger partial charge in [0.15, 0.2) is 0 Å². The maximum absolute atomic E-state index is 12.4. The van der Waals surface area contributed by atoms with Crippen LogP contribution in [0.4, 0.5) is 11.4 Å². The number of hydrogen-bond acceptors (Lipinski definition) is 3. The third-order valence-corrected chi connectivity index (χ3v) is 3.04. The summed E-state index contributed by atoms with van der Waals surface area (Å²) in [5.74, 6) is -0.172. The first-order valence-electron chi connectivity index (χ1n) is 6.25. The molecule has 0 aliphatic rings.